The van der Waals surface area contributed by atoms with Gasteiger partial charge in [0.25, 0.3) is 11.7 Å². The molecule has 390 valence electrons. The normalized spacial score (nSPS) is 39.8. The minimum atomic E-state index is -2.46. The number of nitrogens with two attached hydrogens (primary N) is 1. The third kappa shape index (κ3) is 16.2. The Morgan fingerprint density at radius 3 is 2.32 bits per heavy atom. The number of cyclic esters (lactones) is 1. The number of esters is 1. The van der Waals surface area contributed by atoms with E-state index in [1.807, 2.05) is 44.2 Å². The average molecular weight is 976 g/mol. The molecule has 18 heteroatoms. The minimum absolute atomic E-state index is 0.0244. The number of ether oxygens (including phenoxy) is 4. The van der Waals surface area contributed by atoms with E-state index < -0.39 is 115 Å². The van der Waals surface area contributed by atoms with E-state index in [1.165, 1.54) is 7.11 Å². The number of carbonyl (C=O) groups excluding carboxylic acids is 3. The molecule has 2 bridgehead atoms. The lowest BCUT2D eigenvalue weighted by atomic mass is 9.80. The number of aliphatic hydroxyl groups is 4. The van der Waals surface area contributed by atoms with Crippen LogP contribution >= 0.6 is 0 Å². The summed E-state index contributed by atoms with van der Waals surface area (Å²) in [7, 11) is 3.08. The molecule has 0 aromatic rings. The maximum absolute atomic E-state index is 14.4. The van der Waals surface area contributed by atoms with Crippen LogP contribution in [-0.4, -0.2) is 154 Å². The van der Waals surface area contributed by atoms with Gasteiger partial charge >= 0.3 is 11.9 Å². The molecule has 3 aliphatic heterocycles. The van der Waals surface area contributed by atoms with Crippen LogP contribution < -0.4 is 5.73 Å². The van der Waals surface area contributed by atoms with Gasteiger partial charge in [0, 0.05) is 57.2 Å². The Hall–Kier alpha value is -3.69. The molecule has 3 heterocycles. The van der Waals surface area contributed by atoms with Crippen molar-refractivity contribution in [3.63, 3.8) is 0 Å². The molecule has 4 aliphatic rings. The lowest BCUT2D eigenvalue weighted by molar-refractivity contribution is -0.321. The molecule has 0 aromatic heterocycles. The molecule has 8 N–H and O–H groups in total. The van der Waals surface area contributed by atoms with Gasteiger partial charge in [0.15, 0.2) is 6.61 Å². The molecule has 18 nitrogen and oxygen atoms in total. The largest absolute Gasteiger partial charge is 0.479 e. The standard InChI is InChI=1S/C51H81N3O15/c1-29-14-10-9-11-15-30(2)41(64-7)26-36-19-17-34(6)51(63,68-36)48(60)49(61)54-21-13-12-16-38(54)50(62)67-42(37(52)24-35-18-20-39(55)43(25-35)65-8)27-40(56)31(3)23-33(5)47(69-66-28-44(57)58)46(59)45(53)32(4)22-29/h9-11,14-15,23,29,31-32,34-43,46-47,53,55-56,59,63H,12-13,16-22,24-28,52H2,1-8H3,(H,57,58)/b11-9+,14-10+,30-15+,33-23+,53-45?/t29-,31-,32-,34-,35+,36+,37-,38+,39-,40-,41+,42+,43-,46+,47-,51-/m1/s1. The van der Waals surface area contributed by atoms with Crippen LogP contribution in [0.2, 0.25) is 0 Å². The van der Waals surface area contributed by atoms with E-state index in [0.717, 1.165) is 10.5 Å². The average Bonchev–Trinajstić information content (AvgIpc) is 3.31. The Morgan fingerprint density at radius 2 is 1.64 bits per heavy atom. The minimum Gasteiger partial charge on any atom is -0.479 e. The summed E-state index contributed by atoms with van der Waals surface area (Å²) in [4.78, 5) is 65.8. The molecule has 0 spiro atoms. The smallest absolute Gasteiger partial charge is 0.333 e. The quantitative estimate of drug-likeness (QED) is 0.0551. The second-order valence-corrected chi connectivity index (χ2v) is 20.0. The SMILES string of the molecule is CO[C@H]1C[C@@H]2CC[C@@H](C)[C@@](O)(O2)C(=O)C(=O)N2CCCC[C@H]2C(=O)O[C@H]([C@H](N)C[C@@H]2CC[C@@H](O)[C@H](OC)C2)C[C@@H](O)[C@H](C)/C=C(\C)[C@@H](OOCC(=O)O)[C@@H](O)C(=N)[C@H](C)C[C@H](C)/C=C/C=C/C=C/1C. The molecule has 1 saturated carbocycles. The van der Waals surface area contributed by atoms with Gasteiger partial charge in [-0.3, -0.25) is 9.59 Å². The van der Waals surface area contributed by atoms with Crippen molar-refractivity contribution >= 4 is 29.3 Å². The number of aliphatic carboxylic acids is 1. The van der Waals surface area contributed by atoms with Crippen LogP contribution in [0.4, 0.5) is 0 Å². The summed E-state index contributed by atoms with van der Waals surface area (Å²) in [6.45, 7) is 9.81. The van der Waals surface area contributed by atoms with Crippen molar-refractivity contribution < 1.29 is 73.4 Å². The van der Waals surface area contributed by atoms with E-state index in [0.29, 0.717) is 63.4 Å². The Labute approximate surface area is 407 Å². The van der Waals surface area contributed by atoms with Crippen LogP contribution in [0, 0.1) is 35.0 Å². The summed E-state index contributed by atoms with van der Waals surface area (Å²) in [5.74, 6) is -8.81. The Kier molecular flexibility index (Phi) is 22.8. The summed E-state index contributed by atoms with van der Waals surface area (Å²) in [5, 5.41) is 64.1. The first-order chi connectivity index (χ1) is 32.6. The second-order valence-electron chi connectivity index (χ2n) is 20.0. The number of hydrogen-bond acceptors (Lipinski definition) is 16. The number of nitrogens with one attached hydrogen (secondary N) is 1. The molecule has 4 rings (SSSR count). The number of aliphatic hydroxyl groups excluding tert-OH is 3. The second kappa shape index (κ2) is 27.2. The molecular formula is C51H81N3O15. The highest BCUT2D eigenvalue weighted by molar-refractivity contribution is 6.39. The number of piperidine rings is 1. The highest BCUT2D eigenvalue weighted by atomic mass is 17.2. The zero-order chi connectivity index (χ0) is 51.2. The number of allylic oxidation sites excluding steroid dienone is 5. The third-order valence-corrected chi connectivity index (χ3v) is 14.6. The van der Waals surface area contributed by atoms with Gasteiger partial charge in [0.2, 0.25) is 5.79 Å². The third-order valence-electron chi connectivity index (χ3n) is 14.6. The van der Waals surface area contributed by atoms with Crippen molar-refractivity contribution in [1.82, 2.24) is 4.90 Å². The number of hydrogen-bond donors (Lipinski definition) is 7. The van der Waals surface area contributed by atoms with Crippen LogP contribution in [0.25, 0.3) is 0 Å². The van der Waals surface area contributed by atoms with Crippen molar-refractivity contribution in [2.75, 3.05) is 27.4 Å². The fraction of sp³-hybridized carbons (Fsp3) is 0.745. The van der Waals surface area contributed by atoms with E-state index in [1.54, 1.807) is 40.9 Å². The Bertz CT molecular complexity index is 1850. The molecule has 0 aromatic carbocycles. The highest BCUT2D eigenvalue weighted by Gasteiger charge is 2.53. The van der Waals surface area contributed by atoms with E-state index in [-0.39, 0.29) is 43.4 Å². The maximum atomic E-state index is 14.4. The summed E-state index contributed by atoms with van der Waals surface area (Å²) in [6, 6.07) is -2.04. The number of nitrogens with zero attached hydrogens (tertiary/aromatic N) is 1. The van der Waals surface area contributed by atoms with Gasteiger partial charge in [0.1, 0.15) is 24.4 Å². The van der Waals surface area contributed by atoms with Crippen LogP contribution in [0.3, 0.4) is 0 Å². The maximum Gasteiger partial charge on any atom is 0.333 e. The van der Waals surface area contributed by atoms with Gasteiger partial charge in [-0.05, 0) is 107 Å². The van der Waals surface area contributed by atoms with Crippen molar-refractivity contribution in [2.45, 2.75) is 185 Å². The van der Waals surface area contributed by atoms with Crippen LogP contribution in [0.5, 0.6) is 0 Å². The number of carboxylic acids is 1. The lowest BCUT2D eigenvalue weighted by Crippen LogP contribution is -2.61. The number of fused-ring (bicyclic) bond motifs is 3. The molecule has 16 atom stereocenters. The van der Waals surface area contributed by atoms with Crippen LogP contribution in [0.1, 0.15) is 119 Å². The van der Waals surface area contributed by atoms with Crippen LogP contribution in [0.15, 0.2) is 47.6 Å². The predicted octanol–water partition coefficient (Wildman–Crippen LogP) is 4.50. The zero-order valence-electron chi connectivity index (χ0n) is 41.9. The Balaban J connectivity index is 1.73. The molecule has 0 radical (unpaired) electrons. The first-order valence-corrected chi connectivity index (χ1v) is 24.7. The monoisotopic (exact) mass is 976 g/mol. The van der Waals surface area contributed by atoms with Crippen LogP contribution in [-0.2, 0) is 47.9 Å². The number of methoxy groups -OCH3 is 2. The molecule has 1 aliphatic carbocycles. The van der Waals surface area contributed by atoms with Gasteiger partial charge in [0.05, 0.1) is 30.5 Å². The van der Waals surface area contributed by atoms with E-state index >= 15 is 0 Å². The van der Waals surface area contributed by atoms with Gasteiger partial charge in [-0.15, -0.1) is 0 Å². The number of carbonyl (C=O) groups is 4. The number of amides is 1. The number of ketones is 1. The van der Waals surface area contributed by atoms with Gasteiger partial charge in [-0.25, -0.2) is 19.4 Å². The number of carboxylic acid groups (broad SMARTS) is 1. The molecule has 2 saturated heterocycles. The molecule has 0 unspecified atom stereocenters. The van der Waals surface area contributed by atoms with Crippen molar-refractivity contribution in [3.8, 4) is 0 Å². The summed E-state index contributed by atoms with van der Waals surface area (Å²) in [6.07, 6.45) is 8.26. The van der Waals surface area contributed by atoms with E-state index in [2.05, 4.69) is 0 Å². The fourth-order valence-electron chi connectivity index (χ4n) is 10.1. The summed E-state index contributed by atoms with van der Waals surface area (Å²) >= 11 is 0. The summed E-state index contributed by atoms with van der Waals surface area (Å²) < 4.78 is 23.7. The van der Waals surface area contributed by atoms with E-state index in [9.17, 15) is 44.7 Å². The zero-order valence-corrected chi connectivity index (χ0v) is 41.9. The predicted molar refractivity (Wildman–Crippen MR) is 255 cm³/mol. The van der Waals surface area contributed by atoms with Gasteiger partial charge < -0.3 is 60.5 Å². The topological polar surface area (TPSA) is 278 Å². The molecule has 69 heavy (non-hydrogen) atoms. The first kappa shape index (κ1) is 57.9. The lowest BCUT2D eigenvalue weighted by Gasteiger charge is -2.42. The number of rotatable bonds is 9. The number of Topliss-reactive ketones (excluding diaryl/α,β-unsaturated/α-hetero) is 1. The Morgan fingerprint density at radius 1 is 0.913 bits per heavy atom. The van der Waals surface area contributed by atoms with Gasteiger partial charge in [-0.2, -0.15) is 0 Å². The highest BCUT2D eigenvalue weighted by Crippen LogP contribution is 2.37. The molecule has 3 fully saturated rings. The van der Waals surface area contributed by atoms with Crippen molar-refractivity contribution in [1.29, 1.82) is 5.41 Å². The van der Waals surface area contributed by atoms with E-state index in [4.69, 9.17) is 39.9 Å². The van der Waals surface area contributed by atoms with Crippen molar-refractivity contribution in [3.05, 3.63) is 47.6 Å². The van der Waals surface area contributed by atoms with Crippen molar-refractivity contribution in [2.24, 2.45) is 35.3 Å². The summed E-state index contributed by atoms with van der Waals surface area (Å²) in [5.41, 5.74) is 7.99. The fourth-order valence-corrected chi connectivity index (χ4v) is 10.1. The first-order valence-electron chi connectivity index (χ1n) is 24.7. The van der Waals surface area contributed by atoms with Gasteiger partial charge in [-0.1, -0.05) is 64.2 Å². The molecular weight excluding hydrogens is 895 g/mol. The molecule has 1 amide bonds.